The van der Waals surface area contributed by atoms with E-state index in [4.69, 9.17) is 0 Å². The number of rotatable bonds is 7. The van der Waals surface area contributed by atoms with Crippen LogP contribution < -0.4 is 9.80 Å². The third kappa shape index (κ3) is 5.90. The van der Waals surface area contributed by atoms with Crippen LogP contribution in [0.5, 0.6) is 0 Å². The standard InChI is InChI=1S/C33H31F4N7O2/c1-19(45)20-4-9-23(10-5-20)42-14-16-43(17-15-42)24-11-6-21(7-12-24)27-28(36)29(37)31(32-39-40-41-44(32)33(2,3)46)38-30(27)25-13-8-22(34)18-26(25)35/h4-13,18-19,45-46H,14-17H2,1-3H3/t19-/m1/s1. The predicted molar refractivity (Wildman–Crippen MR) is 165 cm³/mol. The molecule has 0 saturated carbocycles. The summed E-state index contributed by atoms with van der Waals surface area (Å²) in [4.78, 5) is 8.69. The molecule has 1 atom stereocenters. The lowest BCUT2D eigenvalue weighted by atomic mass is 9.97. The van der Waals surface area contributed by atoms with Crippen molar-refractivity contribution in [1.82, 2.24) is 25.2 Å². The number of benzene rings is 3. The van der Waals surface area contributed by atoms with Crippen molar-refractivity contribution in [2.75, 3.05) is 36.0 Å². The molecule has 2 N–H and O–H groups in total. The van der Waals surface area contributed by atoms with E-state index in [2.05, 4.69) is 30.3 Å². The zero-order chi connectivity index (χ0) is 32.7. The Kier molecular flexibility index (Phi) is 8.21. The maximum atomic E-state index is 16.1. The second-order valence-electron chi connectivity index (χ2n) is 11.6. The molecule has 3 heterocycles. The highest BCUT2D eigenvalue weighted by Crippen LogP contribution is 2.39. The smallest absolute Gasteiger partial charge is 0.206 e. The van der Waals surface area contributed by atoms with Crippen molar-refractivity contribution in [1.29, 1.82) is 0 Å². The SMILES string of the molecule is C[C@@H](O)c1ccc(N2CCN(c3ccc(-c4c(-c5ccc(F)cc5F)nc(-c5nnnn5C(C)(C)O)c(F)c4F)cc3)CC2)cc1. The van der Waals surface area contributed by atoms with Gasteiger partial charge in [0.2, 0.25) is 5.82 Å². The Morgan fingerprint density at radius 3 is 1.91 bits per heavy atom. The molecule has 0 bridgehead atoms. The Labute approximate surface area is 262 Å². The van der Waals surface area contributed by atoms with E-state index < -0.39 is 40.8 Å². The van der Waals surface area contributed by atoms with E-state index in [9.17, 15) is 14.6 Å². The van der Waals surface area contributed by atoms with Crippen LogP contribution >= 0.6 is 0 Å². The van der Waals surface area contributed by atoms with E-state index in [1.165, 1.54) is 13.8 Å². The Morgan fingerprint density at radius 2 is 1.37 bits per heavy atom. The van der Waals surface area contributed by atoms with Crippen LogP contribution in [0.25, 0.3) is 33.9 Å². The van der Waals surface area contributed by atoms with Gasteiger partial charge < -0.3 is 20.0 Å². The Bertz CT molecular complexity index is 1870. The summed E-state index contributed by atoms with van der Waals surface area (Å²) in [6, 6.07) is 17.3. The number of aliphatic hydroxyl groups excluding tert-OH is 1. The summed E-state index contributed by atoms with van der Waals surface area (Å²) >= 11 is 0. The van der Waals surface area contributed by atoms with Gasteiger partial charge in [-0.15, -0.1) is 5.10 Å². The molecule has 2 aromatic heterocycles. The van der Waals surface area contributed by atoms with Gasteiger partial charge in [-0.3, -0.25) is 0 Å². The first-order chi connectivity index (χ1) is 21.9. The molecule has 5 aromatic rings. The predicted octanol–water partition coefficient (Wildman–Crippen LogP) is 5.69. The van der Waals surface area contributed by atoms with Gasteiger partial charge in [-0.2, -0.15) is 4.68 Å². The molecule has 6 rings (SSSR count). The molecule has 0 spiro atoms. The monoisotopic (exact) mass is 633 g/mol. The number of hydrogen-bond acceptors (Lipinski definition) is 8. The molecule has 3 aromatic carbocycles. The maximum Gasteiger partial charge on any atom is 0.206 e. The second kappa shape index (κ2) is 12.1. The van der Waals surface area contributed by atoms with E-state index in [-0.39, 0.29) is 28.2 Å². The number of halogens is 4. The molecule has 1 aliphatic heterocycles. The van der Waals surface area contributed by atoms with Crippen LogP contribution in [0.4, 0.5) is 28.9 Å². The minimum absolute atomic E-state index is 0.219. The highest BCUT2D eigenvalue weighted by molar-refractivity contribution is 5.84. The molecule has 0 amide bonds. The molecular weight excluding hydrogens is 602 g/mol. The number of tetrazole rings is 1. The van der Waals surface area contributed by atoms with Crippen LogP contribution in [0.1, 0.15) is 32.4 Å². The lowest BCUT2D eigenvalue weighted by Crippen LogP contribution is -2.46. The minimum Gasteiger partial charge on any atom is -0.389 e. The van der Waals surface area contributed by atoms with Crippen molar-refractivity contribution >= 4 is 11.4 Å². The Balaban J connectivity index is 1.33. The summed E-state index contributed by atoms with van der Waals surface area (Å²) < 4.78 is 61.6. The highest BCUT2D eigenvalue weighted by Gasteiger charge is 2.31. The Morgan fingerprint density at radius 1 is 0.783 bits per heavy atom. The molecule has 1 fully saturated rings. The van der Waals surface area contributed by atoms with Crippen molar-refractivity contribution in [3.63, 3.8) is 0 Å². The summed E-state index contributed by atoms with van der Waals surface area (Å²) in [5.41, 5.74) is -0.246. The average Bonchev–Trinajstić information content (AvgIpc) is 3.54. The first kappa shape index (κ1) is 31.1. The van der Waals surface area contributed by atoms with E-state index in [0.29, 0.717) is 19.2 Å². The molecule has 46 heavy (non-hydrogen) atoms. The summed E-state index contributed by atoms with van der Waals surface area (Å²) in [5, 5.41) is 31.1. The van der Waals surface area contributed by atoms with Crippen LogP contribution in [0, 0.1) is 23.3 Å². The van der Waals surface area contributed by atoms with Crippen molar-refractivity contribution in [2.24, 2.45) is 0 Å². The largest absolute Gasteiger partial charge is 0.389 e. The second-order valence-corrected chi connectivity index (χ2v) is 11.6. The quantitative estimate of drug-likeness (QED) is 0.221. The van der Waals surface area contributed by atoms with Gasteiger partial charge in [-0.25, -0.2) is 22.5 Å². The van der Waals surface area contributed by atoms with Crippen LogP contribution in [-0.2, 0) is 5.72 Å². The number of aliphatic hydroxyl groups is 2. The fourth-order valence-corrected chi connectivity index (χ4v) is 5.55. The van der Waals surface area contributed by atoms with E-state index in [0.717, 1.165) is 46.8 Å². The number of anilines is 2. The van der Waals surface area contributed by atoms with Gasteiger partial charge in [0.1, 0.15) is 17.3 Å². The number of pyridine rings is 1. The minimum atomic E-state index is -1.70. The van der Waals surface area contributed by atoms with Gasteiger partial charge in [0, 0.05) is 54.7 Å². The normalized spacial score (nSPS) is 14.5. The first-order valence-corrected chi connectivity index (χ1v) is 14.7. The van der Waals surface area contributed by atoms with Gasteiger partial charge in [0.25, 0.3) is 0 Å². The van der Waals surface area contributed by atoms with Gasteiger partial charge >= 0.3 is 0 Å². The van der Waals surface area contributed by atoms with Crippen LogP contribution in [0.15, 0.2) is 66.7 Å². The van der Waals surface area contributed by atoms with Gasteiger partial charge in [-0.05, 0) is 78.7 Å². The maximum absolute atomic E-state index is 16.1. The lowest BCUT2D eigenvalue weighted by molar-refractivity contribution is -0.0105. The molecule has 0 unspecified atom stereocenters. The van der Waals surface area contributed by atoms with Gasteiger partial charge in [0.05, 0.1) is 11.8 Å². The fourth-order valence-electron chi connectivity index (χ4n) is 5.55. The third-order valence-corrected chi connectivity index (χ3v) is 8.01. The molecule has 0 radical (unpaired) electrons. The van der Waals surface area contributed by atoms with Crippen molar-refractivity contribution in [3.8, 4) is 33.9 Å². The number of nitrogens with zero attached hydrogens (tertiary/aromatic N) is 7. The first-order valence-electron chi connectivity index (χ1n) is 14.7. The van der Waals surface area contributed by atoms with Crippen LogP contribution in [0.3, 0.4) is 0 Å². The third-order valence-electron chi connectivity index (χ3n) is 8.01. The van der Waals surface area contributed by atoms with Crippen molar-refractivity contribution in [2.45, 2.75) is 32.6 Å². The van der Waals surface area contributed by atoms with E-state index in [1.807, 2.05) is 24.3 Å². The zero-order valence-electron chi connectivity index (χ0n) is 25.3. The van der Waals surface area contributed by atoms with Gasteiger partial charge in [0.15, 0.2) is 17.4 Å². The molecule has 238 valence electrons. The summed E-state index contributed by atoms with van der Waals surface area (Å²) in [6.07, 6.45) is -0.531. The zero-order valence-corrected chi connectivity index (χ0v) is 25.3. The summed E-state index contributed by atoms with van der Waals surface area (Å²) in [6.45, 7) is 7.32. The molecule has 0 aliphatic carbocycles. The molecular formula is C33H31F4N7O2. The summed E-state index contributed by atoms with van der Waals surface area (Å²) in [5.74, 6) is -4.99. The topological polar surface area (TPSA) is 103 Å². The molecule has 9 nitrogen and oxygen atoms in total. The highest BCUT2D eigenvalue weighted by atomic mass is 19.2. The number of piperazine rings is 1. The lowest BCUT2D eigenvalue weighted by Gasteiger charge is -2.37. The molecule has 1 aliphatic rings. The fraction of sp³-hybridized carbons (Fsp3) is 0.273. The van der Waals surface area contributed by atoms with E-state index in [1.54, 1.807) is 31.2 Å². The van der Waals surface area contributed by atoms with Gasteiger partial charge in [-0.1, -0.05) is 24.3 Å². The van der Waals surface area contributed by atoms with Crippen LogP contribution in [-0.4, -0.2) is 61.6 Å². The average molecular weight is 634 g/mol. The van der Waals surface area contributed by atoms with Crippen molar-refractivity contribution < 1.29 is 27.8 Å². The van der Waals surface area contributed by atoms with Crippen LogP contribution in [0.2, 0.25) is 0 Å². The molecule has 1 saturated heterocycles. The number of aromatic nitrogens is 5. The van der Waals surface area contributed by atoms with E-state index >= 15 is 13.2 Å². The summed E-state index contributed by atoms with van der Waals surface area (Å²) in [7, 11) is 0. The number of hydrogen-bond donors (Lipinski definition) is 2. The van der Waals surface area contributed by atoms with Crippen molar-refractivity contribution in [3.05, 3.63) is 95.6 Å². The Hall–Kier alpha value is -4.88. The molecule has 13 heteroatoms.